The fourth-order valence-electron chi connectivity index (χ4n) is 2.93. The molecule has 1 fully saturated rings. The van der Waals surface area contributed by atoms with Crippen LogP contribution in [0.25, 0.3) is 0 Å². The molecule has 1 aromatic carbocycles. The van der Waals surface area contributed by atoms with Gasteiger partial charge in [-0.3, -0.25) is 19.8 Å². The van der Waals surface area contributed by atoms with Crippen molar-refractivity contribution in [2.24, 2.45) is 0 Å². The van der Waals surface area contributed by atoms with Gasteiger partial charge in [-0.1, -0.05) is 0 Å². The molecule has 1 aliphatic heterocycles. The van der Waals surface area contributed by atoms with Crippen molar-refractivity contribution in [1.82, 2.24) is 14.9 Å². The van der Waals surface area contributed by atoms with Crippen molar-refractivity contribution in [3.8, 4) is 11.5 Å². The van der Waals surface area contributed by atoms with Gasteiger partial charge in [-0.15, -0.1) is 49.6 Å². The summed E-state index contributed by atoms with van der Waals surface area (Å²) < 4.78 is 0. The average Bonchev–Trinajstić information content (AvgIpc) is 2.69. The van der Waals surface area contributed by atoms with Gasteiger partial charge in [0.15, 0.2) is 11.5 Å². The lowest BCUT2D eigenvalue weighted by Gasteiger charge is -2.34. The van der Waals surface area contributed by atoms with Crippen molar-refractivity contribution in [3.63, 3.8) is 0 Å². The first-order valence-electron chi connectivity index (χ1n) is 8.43. The normalized spacial score (nSPS) is 13.0. The third kappa shape index (κ3) is 7.82. The van der Waals surface area contributed by atoms with E-state index >= 15 is 0 Å². The number of carbonyl (C=O) groups is 1. The molecule has 0 radical (unpaired) electrons. The van der Waals surface area contributed by atoms with Gasteiger partial charge in [0, 0.05) is 63.2 Å². The maximum absolute atomic E-state index is 12.3. The van der Waals surface area contributed by atoms with Crippen LogP contribution >= 0.6 is 49.6 Å². The molecule has 14 heteroatoms. The van der Waals surface area contributed by atoms with Crippen LogP contribution in [0, 0.1) is 10.1 Å². The summed E-state index contributed by atoms with van der Waals surface area (Å²) in [6, 6.07) is 3.80. The number of Topliss-reactive ketones (excluding diaryl/α,β-unsaturated/α-hetero) is 1. The van der Waals surface area contributed by atoms with Gasteiger partial charge in [0.25, 0.3) is 0 Å². The maximum atomic E-state index is 12.3. The number of nitrogens with zero attached hydrogens (tertiary/aromatic N) is 5. The minimum Gasteiger partial charge on any atom is -0.504 e. The summed E-state index contributed by atoms with van der Waals surface area (Å²) in [5.74, 6) is -1.16. The first-order chi connectivity index (χ1) is 13.0. The molecule has 0 bridgehead atoms. The molecule has 0 saturated carbocycles. The summed E-state index contributed by atoms with van der Waals surface area (Å²) in [4.78, 5) is 35.0. The van der Waals surface area contributed by atoms with Crippen molar-refractivity contribution in [1.29, 1.82) is 0 Å². The average molecular weight is 519 g/mol. The Hall–Kier alpha value is -2.11. The number of aromatic hydroxyl groups is 2. The topological polar surface area (TPSA) is 133 Å². The Morgan fingerprint density at radius 1 is 1.03 bits per heavy atom. The molecule has 1 aliphatic rings. The Bertz CT molecular complexity index is 854. The van der Waals surface area contributed by atoms with Crippen LogP contribution in [0.5, 0.6) is 11.5 Å². The summed E-state index contributed by atoms with van der Waals surface area (Å²) in [5, 5.41) is 30.0. The number of carbonyl (C=O) groups excluding carboxylic acids is 1. The van der Waals surface area contributed by atoms with Crippen LogP contribution < -0.4 is 4.90 Å². The largest absolute Gasteiger partial charge is 0.504 e. The maximum Gasteiger partial charge on any atom is 0.315 e. The smallest absolute Gasteiger partial charge is 0.315 e. The van der Waals surface area contributed by atoms with Crippen molar-refractivity contribution in [3.05, 3.63) is 46.3 Å². The Morgan fingerprint density at radius 3 is 2.16 bits per heavy atom. The molecule has 10 nitrogen and oxygen atoms in total. The number of hydrogen-bond donors (Lipinski definition) is 2. The number of nitro benzene ring substituents is 1. The SMILES string of the molecule is Cl.Cl.Cl.Cl.O=C(CCN1CCN(c2ncccn2)CC1)c1cc(O)c(O)c([N+](=O)[O-])c1. The zero-order valence-electron chi connectivity index (χ0n) is 16.1. The number of phenols is 2. The highest BCUT2D eigenvalue weighted by Gasteiger charge is 2.23. The molecule has 2 heterocycles. The quantitative estimate of drug-likeness (QED) is 0.256. The number of anilines is 1. The Kier molecular flexibility index (Phi) is 14.1. The van der Waals surface area contributed by atoms with Crippen molar-refractivity contribution in [2.75, 3.05) is 37.6 Å². The number of hydrogen-bond acceptors (Lipinski definition) is 9. The van der Waals surface area contributed by atoms with E-state index in [2.05, 4.69) is 19.8 Å². The molecular formula is C17H23Cl4N5O5. The van der Waals surface area contributed by atoms with Crippen LogP contribution in [0.4, 0.5) is 11.6 Å². The highest BCUT2D eigenvalue weighted by Crippen LogP contribution is 2.36. The van der Waals surface area contributed by atoms with E-state index in [9.17, 15) is 25.1 Å². The highest BCUT2D eigenvalue weighted by atomic mass is 35.5. The minimum atomic E-state index is -0.837. The van der Waals surface area contributed by atoms with Gasteiger partial charge in [-0.05, 0) is 12.1 Å². The zero-order valence-corrected chi connectivity index (χ0v) is 19.4. The Labute approximate surface area is 203 Å². The van der Waals surface area contributed by atoms with Crippen LogP contribution in [0.15, 0.2) is 30.6 Å². The third-order valence-electron chi connectivity index (χ3n) is 4.45. The molecule has 0 amide bonds. The summed E-state index contributed by atoms with van der Waals surface area (Å²) in [6.07, 6.45) is 3.54. The third-order valence-corrected chi connectivity index (χ3v) is 4.45. The summed E-state index contributed by atoms with van der Waals surface area (Å²) in [7, 11) is 0. The van der Waals surface area contributed by atoms with E-state index in [4.69, 9.17) is 0 Å². The van der Waals surface area contributed by atoms with Gasteiger partial charge in [-0.25, -0.2) is 9.97 Å². The summed E-state index contributed by atoms with van der Waals surface area (Å²) >= 11 is 0. The van der Waals surface area contributed by atoms with E-state index in [-0.39, 0.29) is 67.4 Å². The van der Waals surface area contributed by atoms with Crippen molar-refractivity contribution >= 4 is 67.0 Å². The summed E-state index contributed by atoms with van der Waals surface area (Å²) in [6.45, 7) is 3.46. The number of rotatable bonds is 6. The van der Waals surface area contributed by atoms with Gasteiger partial charge >= 0.3 is 5.69 Å². The van der Waals surface area contributed by atoms with Gasteiger partial charge < -0.3 is 15.1 Å². The predicted octanol–water partition coefficient (Wildman–Crippen LogP) is 2.88. The Morgan fingerprint density at radius 2 is 1.61 bits per heavy atom. The van der Waals surface area contributed by atoms with Gasteiger partial charge in [0.1, 0.15) is 0 Å². The van der Waals surface area contributed by atoms with Crippen molar-refractivity contribution in [2.45, 2.75) is 6.42 Å². The van der Waals surface area contributed by atoms with E-state index in [0.717, 1.165) is 38.3 Å². The minimum absolute atomic E-state index is 0. The fourth-order valence-corrected chi connectivity index (χ4v) is 2.93. The molecule has 0 atom stereocenters. The predicted molar refractivity (Wildman–Crippen MR) is 125 cm³/mol. The van der Waals surface area contributed by atoms with E-state index < -0.39 is 22.1 Å². The van der Waals surface area contributed by atoms with Crippen LogP contribution in [0.3, 0.4) is 0 Å². The first kappa shape index (κ1) is 31.1. The standard InChI is InChI=1S/C17H19N5O5.4ClH/c23-14(12-10-13(22(26)27)16(25)15(24)11-12)2-5-20-6-8-21(9-7-20)17-18-3-1-4-19-17;;;;/h1,3-4,10-11,24-25H,2,5-9H2;4*1H. The molecular weight excluding hydrogens is 496 g/mol. The lowest BCUT2D eigenvalue weighted by atomic mass is 10.1. The zero-order chi connectivity index (χ0) is 19.4. The molecule has 0 unspecified atom stereocenters. The second-order valence-electron chi connectivity index (χ2n) is 6.17. The number of aromatic nitrogens is 2. The van der Waals surface area contributed by atoms with Gasteiger partial charge in [0.2, 0.25) is 11.7 Å². The molecule has 3 rings (SSSR count). The van der Waals surface area contributed by atoms with Gasteiger partial charge in [0.05, 0.1) is 4.92 Å². The highest BCUT2D eigenvalue weighted by molar-refractivity contribution is 5.97. The molecule has 0 spiro atoms. The fraction of sp³-hybridized carbons (Fsp3) is 0.353. The van der Waals surface area contributed by atoms with Crippen molar-refractivity contribution < 1.29 is 19.9 Å². The Balaban J connectivity index is 0. The van der Waals surface area contributed by atoms with Crippen LogP contribution in [-0.2, 0) is 0 Å². The van der Waals surface area contributed by atoms with Crippen LogP contribution in [0.2, 0.25) is 0 Å². The number of halogens is 4. The molecule has 2 aromatic rings. The van der Waals surface area contributed by atoms with Crippen LogP contribution in [-0.4, -0.2) is 68.5 Å². The lowest BCUT2D eigenvalue weighted by Crippen LogP contribution is -2.47. The number of ketones is 1. The number of phenolic OH excluding ortho intramolecular Hbond substituents is 2. The molecule has 1 saturated heterocycles. The number of benzene rings is 1. The van der Waals surface area contributed by atoms with E-state index in [0.29, 0.717) is 12.5 Å². The number of piperazine rings is 1. The molecule has 0 aliphatic carbocycles. The monoisotopic (exact) mass is 517 g/mol. The lowest BCUT2D eigenvalue weighted by molar-refractivity contribution is -0.386. The molecule has 1 aromatic heterocycles. The first-order valence-corrected chi connectivity index (χ1v) is 8.43. The van der Waals surface area contributed by atoms with E-state index in [1.165, 1.54) is 0 Å². The van der Waals surface area contributed by atoms with E-state index in [1.54, 1.807) is 18.5 Å². The van der Waals surface area contributed by atoms with Gasteiger partial charge in [-0.2, -0.15) is 0 Å². The van der Waals surface area contributed by atoms with E-state index in [1.807, 2.05) is 0 Å². The second-order valence-corrected chi connectivity index (χ2v) is 6.17. The molecule has 31 heavy (non-hydrogen) atoms. The summed E-state index contributed by atoms with van der Waals surface area (Å²) in [5.41, 5.74) is -0.678. The van der Waals surface area contributed by atoms with Crippen LogP contribution in [0.1, 0.15) is 16.8 Å². The number of nitro groups is 1. The molecule has 174 valence electrons. The molecule has 2 N–H and O–H groups in total. The second kappa shape index (κ2) is 14.0.